The minimum atomic E-state index is -0.676. The smallest absolute Gasteiger partial charge is 0.306 e. The Hall–Kier alpha value is -4.88. The predicted molar refractivity (Wildman–Crippen MR) is 218 cm³/mol. The van der Waals surface area contributed by atoms with Crippen molar-refractivity contribution in [2.75, 3.05) is 36.8 Å². The maximum Gasteiger partial charge on any atom is 0.306 e. The molecule has 3 aromatic heterocycles. The van der Waals surface area contributed by atoms with E-state index in [9.17, 15) is 19.8 Å². The Kier molecular flexibility index (Phi) is 10.6. The standard InChI is InChI=1S/C43H49ClN8O4/c1-26-31(6-4-8-33(26)47-39-38-30(14-17-45-39)20-28(21-46-38)23-52-19-16-43(2,56)25-52)32-7-5-9-34(37(32)44)49-41(53)40-48-35-24-51(18-15-36(35)50(40)3)22-27-10-12-29(13-11-27)42(54)55/h4-9,14,17,20-21,27,29,56H,10-13,15-16,18-19,22-25H2,1-3H3,(H,45,47)(H,49,53)(H,54,55)/t27?,29?,43-/m1/s1. The maximum atomic E-state index is 13.8. The Labute approximate surface area is 331 Å². The van der Waals surface area contributed by atoms with Crippen LogP contribution in [0, 0.1) is 18.8 Å². The van der Waals surface area contributed by atoms with Crippen LogP contribution >= 0.6 is 11.6 Å². The summed E-state index contributed by atoms with van der Waals surface area (Å²) in [6.45, 7) is 8.63. The molecule has 2 aromatic carbocycles. The average molecular weight is 777 g/mol. The molecule has 1 saturated heterocycles. The summed E-state index contributed by atoms with van der Waals surface area (Å²) in [5, 5.41) is 27.7. The summed E-state index contributed by atoms with van der Waals surface area (Å²) in [6.07, 6.45) is 8.58. The maximum absolute atomic E-state index is 13.8. The molecule has 56 heavy (non-hydrogen) atoms. The number of imidazole rings is 1. The molecule has 8 rings (SSSR count). The Balaban J connectivity index is 0.957. The lowest BCUT2D eigenvalue weighted by atomic mass is 9.81. The number of carboxylic acid groups (broad SMARTS) is 1. The summed E-state index contributed by atoms with van der Waals surface area (Å²) in [6, 6.07) is 15.7. The highest BCUT2D eigenvalue weighted by molar-refractivity contribution is 6.36. The van der Waals surface area contributed by atoms with E-state index in [2.05, 4.69) is 31.5 Å². The molecule has 3 aliphatic rings. The third kappa shape index (κ3) is 7.88. The molecule has 13 heteroatoms. The first kappa shape index (κ1) is 38.0. The number of pyridine rings is 2. The van der Waals surface area contributed by atoms with E-state index in [-0.39, 0.29) is 11.8 Å². The Bertz CT molecular complexity index is 2300. The van der Waals surface area contributed by atoms with Crippen LogP contribution in [0.1, 0.15) is 72.2 Å². The first-order chi connectivity index (χ1) is 26.9. The van der Waals surface area contributed by atoms with E-state index in [1.807, 2.05) is 68.1 Å². The van der Waals surface area contributed by atoms with Crippen molar-refractivity contribution in [1.82, 2.24) is 29.3 Å². The van der Waals surface area contributed by atoms with Crippen molar-refractivity contribution in [3.05, 3.63) is 94.3 Å². The second-order valence-corrected chi connectivity index (χ2v) is 16.6. The van der Waals surface area contributed by atoms with Gasteiger partial charge in [-0.15, -0.1) is 0 Å². The van der Waals surface area contributed by atoms with Crippen molar-refractivity contribution in [2.24, 2.45) is 18.9 Å². The van der Waals surface area contributed by atoms with Gasteiger partial charge < -0.3 is 25.4 Å². The van der Waals surface area contributed by atoms with E-state index in [0.717, 1.165) is 115 Å². The van der Waals surface area contributed by atoms with E-state index in [1.165, 1.54) is 0 Å². The van der Waals surface area contributed by atoms with Crippen molar-refractivity contribution in [3.8, 4) is 11.1 Å². The van der Waals surface area contributed by atoms with E-state index in [4.69, 9.17) is 21.6 Å². The van der Waals surface area contributed by atoms with Gasteiger partial charge in [0, 0.05) is 87.5 Å². The van der Waals surface area contributed by atoms with E-state index < -0.39 is 11.6 Å². The van der Waals surface area contributed by atoms with Crippen LogP contribution in [0.15, 0.2) is 60.9 Å². The number of nitrogens with one attached hydrogen (secondary N) is 2. The number of hydrogen-bond donors (Lipinski definition) is 4. The summed E-state index contributed by atoms with van der Waals surface area (Å²) in [7, 11) is 1.89. The Morgan fingerprint density at radius 1 is 1.00 bits per heavy atom. The molecule has 0 bridgehead atoms. The molecule has 5 aromatic rings. The second-order valence-electron chi connectivity index (χ2n) is 16.2. The van der Waals surface area contributed by atoms with E-state index >= 15 is 0 Å². The number of amides is 1. The van der Waals surface area contributed by atoms with Crippen LogP contribution in [0.3, 0.4) is 0 Å². The van der Waals surface area contributed by atoms with Crippen LogP contribution in [0.2, 0.25) is 5.02 Å². The summed E-state index contributed by atoms with van der Waals surface area (Å²) in [4.78, 5) is 44.0. The number of aliphatic hydroxyl groups is 1. The fraction of sp³-hybridized carbons (Fsp3) is 0.419. The zero-order valence-electron chi connectivity index (χ0n) is 32.2. The molecule has 2 aliphatic heterocycles. The molecule has 4 N–H and O–H groups in total. The molecule has 5 heterocycles. The zero-order chi connectivity index (χ0) is 39.1. The van der Waals surface area contributed by atoms with Gasteiger partial charge in [-0.05, 0) is 92.8 Å². The number of hydrogen-bond acceptors (Lipinski definition) is 9. The van der Waals surface area contributed by atoms with Crippen molar-refractivity contribution < 1.29 is 19.8 Å². The van der Waals surface area contributed by atoms with Crippen molar-refractivity contribution in [1.29, 1.82) is 0 Å². The average Bonchev–Trinajstić information content (AvgIpc) is 3.70. The van der Waals surface area contributed by atoms with Crippen LogP contribution in [0.5, 0.6) is 0 Å². The number of aliphatic carboxylic acids is 1. The normalized spacial score (nSPS) is 21.6. The highest BCUT2D eigenvalue weighted by Gasteiger charge is 2.32. The summed E-state index contributed by atoms with van der Waals surface area (Å²) < 4.78 is 1.90. The van der Waals surface area contributed by atoms with Gasteiger partial charge in [-0.1, -0.05) is 35.9 Å². The lowest BCUT2D eigenvalue weighted by Crippen LogP contribution is -2.36. The highest BCUT2D eigenvalue weighted by atomic mass is 35.5. The molecule has 292 valence electrons. The number of carbonyl (C=O) groups excluding carboxylic acids is 1. The summed E-state index contributed by atoms with van der Waals surface area (Å²) >= 11 is 7.07. The van der Waals surface area contributed by atoms with Crippen LogP contribution < -0.4 is 10.6 Å². The van der Waals surface area contributed by atoms with Gasteiger partial charge in [0.1, 0.15) is 5.52 Å². The number of fused-ring (bicyclic) bond motifs is 2. The van der Waals surface area contributed by atoms with Crippen LogP contribution in [-0.2, 0) is 31.4 Å². The highest BCUT2D eigenvalue weighted by Crippen LogP contribution is 2.39. The largest absolute Gasteiger partial charge is 0.481 e. The van der Waals surface area contributed by atoms with Crippen molar-refractivity contribution >= 4 is 51.6 Å². The van der Waals surface area contributed by atoms with Gasteiger partial charge in [0.2, 0.25) is 0 Å². The molecule has 2 fully saturated rings. The third-order valence-electron chi connectivity index (χ3n) is 12.0. The number of carboxylic acids is 1. The number of halogens is 1. The molecule has 1 amide bonds. The number of carbonyl (C=O) groups is 2. The van der Waals surface area contributed by atoms with Gasteiger partial charge in [-0.2, -0.15) is 0 Å². The molecule has 12 nitrogen and oxygen atoms in total. The third-order valence-corrected chi connectivity index (χ3v) is 12.4. The fourth-order valence-corrected chi connectivity index (χ4v) is 9.09. The van der Waals surface area contributed by atoms with Crippen molar-refractivity contribution in [2.45, 2.75) is 71.1 Å². The number of nitrogens with zero attached hydrogens (tertiary/aromatic N) is 6. The predicted octanol–water partition coefficient (Wildman–Crippen LogP) is 7.19. The number of rotatable bonds is 10. The fourth-order valence-electron chi connectivity index (χ4n) is 8.82. The molecule has 0 radical (unpaired) electrons. The van der Waals surface area contributed by atoms with E-state index in [1.54, 1.807) is 12.3 Å². The number of β-amino-alcohol motifs (C(OH)–C–C–N with tert-alkyl or cyclic N) is 1. The SMILES string of the molecule is Cc1c(Nc2nccc3cc(CN4CC[C@@](C)(O)C4)cnc23)cccc1-c1cccc(NC(=O)c2nc3c(n2C)CCN(CC2CCC(C(=O)O)CC2)C3)c1Cl. The minimum Gasteiger partial charge on any atom is -0.481 e. The van der Waals surface area contributed by atoms with Gasteiger partial charge in [0.05, 0.1) is 27.9 Å². The zero-order valence-corrected chi connectivity index (χ0v) is 32.9. The Morgan fingerprint density at radius 2 is 1.77 bits per heavy atom. The monoisotopic (exact) mass is 776 g/mol. The first-order valence-electron chi connectivity index (χ1n) is 19.6. The molecule has 1 atom stereocenters. The lowest BCUT2D eigenvalue weighted by Gasteiger charge is -2.33. The number of likely N-dealkylation sites (tertiary alicyclic amines) is 1. The quantitative estimate of drug-likeness (QED) is 0.115. The number of anilines is 3. The molecular formula is C43H49ClN8O4. The summed E-state index contributed by atoms with van der Waals surface area (Å²) in [5.74, 6) is 0.264. The molecule has 1 aliphatic carbocycles. The van der Waals surface area contributed by atoms with Crippen molar-refractivity contribution in [3.63, 3.8) is 0 Å². The summed E-state index contributed by atoms with van der Waals surface area (Å²) in [5.41, 5.74) is 7.21. The van der Waals surface area contributed by atoms with Crippen LogP contribution in [0.25, 0.3) is 22.0 Å². The lowest BCUT2D eigenvalue weighted by molar-refractivity contribution is -0.143. The molecule has 1 saturated carbocycles. The van der Waals surface area contributed by atoms with Gasteiger partial charge in [-0.3, -0.25) is 24.4 Å². The molecule has 0 spiro atoms. The van der Waals surface area contributed by atoms with Crippen LogP contribution in [-0.4, -0.2) is 83.2 Å². The molecular weight excluding hydrogens is 728 g/mol. The van der Waals surface area contributed by atoms with Gasteiger partial charge in [0.25, 0.3) is 5.91 Å². The van der Waals surface area contributed by atoms with Crippen LogP contribution in [0.4, 0.5) is 17.2 Å². The topological polar surface area (TPSA) is 149 Å². The number of benzene rings is 2. The first-order valence-corrected chi connectivity index (χ1v) is 19.9. The second kappa shape index (κ2) is 15.6. The van der Waals surface area contributed by atoms with Gasteiger partial charge in [-0.25, -0.2) is 9.97 Å². The minimum absolute atomic E-state index is 0.214. The van der Waals surface area contributed by atoms with E-state index in [0.29, 0.717) is 41.4 Å². The van der Waals surface area contributed by atoms with Gasteiger partial charge in [0.15, 0.2) is 11.6 Å². The molecule has 0 unspecified atom stereocenters. The Morgan fingerprint density at radius 3 is 2.52 bits per heavy atom. The number of aromatic nitrogens is 4. The van der Waals surface area contributed by atoms with Gasteiger partial charge >= 0.3 is 5.97 Å².